The zero-order valence-electron chi connectivity index (χ0n) is 8.88. The van der Waals surface area contributed by atoms with E-state index in [1.165, 1.54) is 29.5 Å². The average Bonchev–Trinajstić information content (AvgIpc) is 2.84. The molecule has 3 heteroatoms. The van der Waals surface area contributed by atoms with Crippen LogP contribution in [0.1, 0.15) is 30.1 Å². The second-order valence-corrected chi connectivity index (χ2v) is 4.32. The Bertz CT molecular complexity index is 481. The van der Waals surface area contributed by atoms with Crippen molar-refractivity contribution in [1.29, 1.82) is 0 Å². The van der Waals surface area contributed by atoms with Gasteiger partial charge in [0.15, 0.2) is 0 Å². The molecule has 1 saturated heterocycles. The Kier molecular flexibility index (Phi) is 1.99. The molecule has 3 heterocycles. The van der Waals surface area contributed by atoms with Crippen molar-refractivity contribution in [3.05, 3.63) is 29.6 Å². The van der Waals surface area contributed by atoms with Crippen molar-refractivity contribution in [2.75, 3.05) is 6.54 Å². The molecule has 0 amide bonds. The lowest BCUT2D eigenvalue weighted by atomic mass is 10.1. The van der Waals surface area contributed by atoms with E-state index < -0.39 is 0 Å². The zero-order valence-corrected chi connectivity index (χ0v) is 8.88. The first-order valence-electron chi connectivity index (χ1n) is 5.51. The topological polar surface area (TPSA) is 40.7 Å². The molecule has 1 aliphatic heterocycles. The third-order valence-corrected chi connectivity index (χ3v) is 3.06. The summed E-state index contributed by atoms with van der Waals surface area (Å²) < 4.78 is 0. The highest BCUT2D eigenvalue weighted by Gasteiger charge is 2.17. The molecular weight excluding hydrogens is 186 g/mol. The molecule has 0 saturated carbocycles. The van der Waals surface area contributed by atoms with Crippen molar-refractivity contribution in [2.24, 2.45) is 0 Å². The Balaban J connectivity index is 2.05. The van der Waals surface area contributed by atoms with Gasteiger partial charge in [-0.3, -0.25) is 0 Å². The lowest BCUT2D eigenvalue weighted by molar-refractivity contribution is 0.633. The van der Waals surface area contributed by atoms with E-state index in [1.807, 2.05) is 6.20 Å². The molecule has 1 fully saturated rings. The number of aryl methyl sites for hydroxylation is 1. The molecule has 1 aliphatic rings. The van der Waals surface area contributed by atoms with Gasteiger partial charge in [-0.25, -0.2) is 4.98 Å². The number of aromatic nitrogens is 2. The van der Waals surface area contributed by atoms with Crippen LogP contribution in [0.25, 0.3) is 11.0 Å². The number of pyridine rings is 1. The Morgan fingerprint density at radius 1 is 1.40 bits per heavy atom. The average molecular weight is 201 g/mol. The van der Waals surface area contributed by atoms with Crippen molar-refractivity contribution < 1.29 is 0 Å². The molecule has 15 heavy (non-hydrogen) atoms. The SMILES string of the molecule is Cc1cnc2[nH]c(C3CCCN3)cc2c1. The van der Waals surface area contributed by atoms with E-state index >= 15 is 0 Å². The van der Waals surface area contributed by atoms with Gasteiger partial charge in [-0.1, -0.05) is 0 Å². The second kappa shape index (κ2) is 3.35. The summed E-state index contributed by atoms with van der Waals surface area (Å²) in [6.45, 7) is 3.21. The zero-order chi connectivity index (χ0) is 10.3. The van der Waals surface area contributed by atoms with E-state index in [9.17, 15) is 0 Å². The van der Waals surface area contributed by atoms with Crippen LogP contribution in [-0.2, 0) is 0 Å². The lowest BCUT2D eigenvalue weighted by Gasteiger charge is -2.05. The Hall–Kier alpha value is -1.35. The molecule has 78 valence electrons. The Morgan fingerprint density at radius 3 is 3.13 bits per heavy atom. The summed E-state index contributed by atoms with van der Waals surface area (Å²) in [5.74, 6) is 0. The molecule has 3 rings (SSSR count). The van der Waals surface area contributed by atoms with Crippen LogP contribution >= 0.6 is 0 Å². The molecule has 0 aromatic carbocycles. The predicted octanol–water partition coefficient (Wildman–Crippen LogP) is 2.30. The summed E-state index contributed by atoms with van der Waals surface area (Å²) in [7, 11) is 0. The van der Waals surface area contributed by atoms with Crippen LogP contribution in [0.5, 0.6) is 0 Å². The molecule has 2 aromatic rings. The number of rotatable bonds is 1. The highest BCUT2D eigenvalue weighted by molar-refractivity contribution is 5.77. The van der Waals surface area contributed by atoms with Crippen molar-refractivity contribution in [2.45, 2.75) is 25.8 Å². The van der Waals surface area contributed by atoms with Gasteiger partial charge >= 0.3 is 0 Å². The van der Waals surface area contributed by atoms with Gasteiger partial charge in [-0.05, 0) is 44.0 Å². The Labute approximate surface area is 88.9 Å². The maximum absolute atomic E-state index is 4.39. The van der Waals surface area contributed by atoms with Gasteiger partial charge < -0.3 is 10.3 Å². The monoisotopic (exact) mass is 201 g/mol. The molecule has 3 nitrogen and oxygen atoms in total. The number of H-pyrrole nitrogens is 1. The highest BCUT2D eigenvalue weighted by atomic mass is 15.0. The molecule has 2 N–H and O–H groups in total. The van der Waals surface area contributed by atoms with Gasteiger partial charge in [0.05, 0.1) is 0 Å². The fourth-order valence-electron chi connectivity index (χ4n) is 2.28. The predicted molar refractivity (Wildman–Crippen MR) is 60.8 cm³/mol. The van der Waals surface area contributed by atoms with E-state index in [1.54, 1.807) is 0 Å². The molecule has 0 aliphatic carbocycles. The van der Waals surface area contributed by atoms with Crippen LogP contribution in [0.2, 0.25) is 0 Å². The number of aromatic amines is 1. The van der Waals surface area contributed by atoms with Crippen LogP contribution in [-0.4, -0.2) is 16.5 Å². The first-order valence-corrected chi connectivity index (χ1v) is 5.51. The molecule has 1 atom stereocenters. The van der Waals surface area contributed by atoms with Gasteiger partial charge in [0.2, 0.25) is 0 Å². The smallest absolute Gasteiger partial charge is 0.137 e. The molecule has 0 spiro atoms. The normalized spacial score (nSPS) is 21.3. The molecule has 1 unspecified atom stereocenters. The summed E-state index contributed by atoms with van der Waals surface area (Å²) >= 11 is 0. The fourth-order valence-corrected chi connectivity index (χ4v) is 2.28. The number of hydrogen-bond acceptors (Lipinski definition) is 2. The lowest BCUT2D eigenvalue weighted by Crippen LogP contribution is -2.12. The maximum Gasteiger partial charge on any atom is 0.137 e. The quantitative estimate of drug-likeness (QED) is 0.743. The van der Waals surface area contributed by atoms with Gasteiger partial charge in [0.25, 0.3) is 0 Å². The van der Waals surface area contributed by atoms with Crippen molar-refractivity contribution >= 4 is 11.0 Å². The summed E-state index contributed by atoms with van der Waals surface area (Å²) in [5, 5.41) is 4.71. The summed E-state index contributed by atoms with van der Waals surface area (Å²) in [6, 6.07) is 4.90. The van der Waals surface area contributed by atoms with E-state index in [4.69, 9.17) is 0 Å². The Morgan fingerprint density at radius 2 is 2.33 bits per heavy atom. The minimum atomic E-state index is 0.500. The summed E-state index contributed by atoms with van der Waals surface area (Å²) in [4.78, 5) is 7.78. The van der Waals surface area contributed by atoms with Gasteiger partial charge in [0, 0.05) is 23.3 Å². The van der Waals surface area contributed by atoms with E-state index in [-0.39, 0.29) is 0 Å². The van der Waals surface area contributed by atoms with Crippen molar-refractivity contribution in [3.63, 3.8) is 0 Å². The van der Waals surface area contributed by atoms with Crippen molar-refractivity contribution in [3.8, 4) is 0 Å². The number of nitrogens with one attached hydrogen (secondary N) is 2. The van der Waals surface area contributed by atoms with Gasteiger partial charge in [0.1, 0.15) is 5.65 Å². The standard InChI is InChI=1S/C12H15N3/c1-8-5-9-6-11(10-3-2-4-13-10)15-12(9)14-7-8/h5-7,10,13H,2-4H2,1H3,(H,14,15). The van der Waals surface area contributed by atoms with Gasteiger partial charge in [-0.15, -0.1) is 0 Å². The molecule has 0 radical (unpaired) electrons. The third-order valence-electron chi connectivity index (χ3n) is 3.06. The number of hydrogen-bond donors (Lipinski definition) is 2. The first kappa shape index (κ1) is 8.92. The number of nitrogens with zero attached hydrogens (tertiary/aromatic N) is 1. The van der Waals surface area contributed by atoms with E-state index in [0.717, 1.165) is 12.2 Å². The summed E-state index contributed by atoms with van der Waals surface area (Å²) in [6.07, 6.45) is 4.41. The minimum Gasteiger partial charge on any atom is -0.342 e. The van der Waals surface area contributed by atoms with Gasteiger partial charge in [-0.2, -0.15) is 0 Å². The molecular formula is C12H15N3. The third kappa shape index (κ3) is 1.53. The first-order chi connectivity index (χ1) is 7.33. The van der Waals surface area contributed by atoms with Crippen LogP contribution in [0.15, 0.2) is 18.3 Å². The van der Waals surface area contributed by atoms with E-state index in [0.29, 0.717) is 6.04 Å². The second-order valence-electron chi connectivity index (χ2n) is 4.32. The summed E-state index contributed by atoms with van der Waals surface area (Å²) in [5.41, 5.74) is 3.50. The molecule has 2 aromatic heterocycles. The minimum absolute atomic E-state index is 0.500. The maximum atomic E-state index is 4.39. The van der Waals surface area contributed by atoms with Crippen LogP contribution in [0.4, 0.5) is 0 Å². The highest BCUT2D eigenvalue weighted by Crippen LogP contribution is 2.25. The van der Waals surface area contributed by atoms with Crippen LogP contribution < -0.4 is 5.32 Å². The van der Waals surface area contributed by atoms with E-state index in [2.05, 4.69) is 34.3 Å². The molecule has 0 bridgehead atoms. The van der Waals surface area contributed by atoms with Crippen LogP contribution in [0.3, 0.4) is 0 Å². The largest absolute Gasteiger partial charge is 0.342 e. The van der Waals surface area contributed by atoms with Crippen LogP contribution in [0, 0.1) is 6.92 Å². The van der Waals surface area contributed by atoms with Crippen molar-refractivity contribution in [1.82, 2.24) is 15.3 Å². The number of fused-ring (bicyclic) bond motifs is 1. The fraction of sp³-hybridized carbons (Fsp3) is 0.417.